The third-order valence-corrected chi connectivity index (χ3v) is 10.9. The summed E-state index contributed by atoms with van der Waals surface area (Å²) in [5, 5.41) is 11.8. The van der Waals surface area contributed by atoms with Crippen LogP contribution in [0.3, 0.4) is 0 Å². The van der Waals surface area contributed by atoms with E-state index >= 15 is 0 Å². The molecule has 1 saturated carbocycles. The van der Waals surface area contributed by atoms with Gasteiger partial charge in [0.25, 0.3) is 8.32 Å². The largest absolute Gasteiger partial charge is 0.424 e. The van der Waals surface area contributed by atoms with Gasteiger partial charge in [0.2, 0.25) is 0 Å². The van der Waals surface area contributed by atoms with Crippen molar-refractivity contribution in [3.05, 3.63) is 60.7 Å². The molecule has 2 aromatic carbocycles. The molecule has 0 heterocycles. The molecule has 2 nitrogen and oxygen atoms in total. The Morgan fingerprint density at radius 1 is 0.846 bits per heavy atom. The summed E-state index contributed by atoms with van der Waals surface area (Å²) in [5.41, 5.74) is 0. The fraction of sp³-hybridized carbons (Fsp3) is 0.478. The smallest absolute Gasteiger partial charge is 0.258 e. The maximum absolute atomic E-state index is 12.2. The molecule has 0 amide bonds. The predicted octanol–water partition coefficient (Wildman–Crippen LogP) is 3.71. The van der Waals surface area contributed by atoms with Crippen LogP contribution in [0, 0.1) is 11.8 Å². The molecule has 3 rings (SSSR count). The topological polar surface area (TPSA) is 40.5 Å². The molecule has 2 N–H and O–H groups in total. The van der Waals surface area contributed by atoms with Crippen LogP contribution in [0.1, 0.15) is 46.0 Å². The summed E-state index contributed by atoms with van der Waals surface area (Å²) < 4.78 is 0. The molecule has 0 aromatic heterocycles. The van der Waals surface area contributed by atoms with Gasteiger partial charge in [-0.15, -0.1) is 0 Å². The summed E-state index contributed by atoms with van der Waals surface area (Å²) in [5.74, 6) is 0.878. The molecule has 1 aliphatic carbocycles. The first-order chi connectivity index (χ1) is 12.5. The van der Waals surface area contributed by atoms with Gasteiger partial charge < -0.3 is 9.90 Å². The molecule has 0 radical (unpaired) electrons. The third-order valence-electron chi connectivity index (χ3n) is 6.44. The lowest BCUT2D eigenvalue weighted by Gasteiger charge is -2.45. The van der Waals surface area contributed by atoms with Crippen molar-refractivity contribution in [1.29, 1.82) is 0 Å². The molecular formula is C23H32O2Si. The molecule has 0 spiro atoms. The van der Waals surface area contributed by atoms with Gasteiger partial charge in [0.05, 0.1) is 0 Å². The number of benzene rings is 2. The van der Waals surface area contributed by atoms with Crippen molar-refractivity contribution in [2.24, 2.45) is 11.8 Å². The number of hydrogen-bond acceptors (Lipinski definition) is 2. The van der Waals surface area contributed by atoms with E-state index in [2.05, 4.69) is 38.1 Å². The molecule has 1 aliphatic rings. The van der Waals surface area contributed by atoms with Crippen molar-refractivity contribution in [3.63, 3.8) is 0 Å². The van der Waals surface area contributed by atoms with E-state index < -0.39 is 8.32 Å². The highest BCUT2D eigenvalue weighted by Crippen LogP contribution is 2.46. The van der Waals surface area contributed by atoms with Gasteiger partial charge in [-0.1, -0.05) is 93.8 Å². The fourth-order valence-electron chi connectivity index (χ4n) is 4.90. The third kappa shape index (κ3) is 3.66. The zero-order chi connectivity index (χ0) is 18.6. The second-order valence-corrected chi connectivity index (χ2v) is 12.4. The Morgan fingerprint density at radius 2 is 1.31 bits per heavy atom. The zero-order valence-corrected chi connectivity index (χ0v) is 17.1. The molecular weight excluding hydrogens is 336 g/mol. The summed E-state index contributed by atoms with van der Waals surface area (Å²) in [4.78, 5) is 12.2. The first-order valence-electron chi connectivity index (χ1n) is 9.93. The standard InChI is InChI=1S/C23H32O2Si/c1-23(2,17-19-11-9-10-12-20(19)18-24)26(25,21-13-5-3-6-14-21)22-15-7-4-8-16-22/h3-8,13-16,19-20,24-25H,9-12,17-18H2,1-2H3/t19-,20-/m0/s1. The number of aliphatic hydroxyl groups excluding tert-OH is 1. The summed E-state index contributed by atoms with van der Waals surface area (Å²) in [6.45, 7) is 4.75. The van der Waals surface area contributed by atoms with Crippen molar-refractivity contribution in [2.75, 3.05) is 6.61 Å². The molecule has 1 fully saturated rings. The van der Waals surface area contributed by atoms with Crippen LogP contribution in [0.4, 0.5) is 0 Å². The van der Waals surface area contributed by atoms with Crippen LogP contribution >= 0.6 is 0 Å². The van der Waals surface area contributed by atoms with E-state index in [-0.39, 0.29) is 11.6 Å². The van der Waals surface area contributed by atoms with E-state index in [1.165, 1.54) is 19.3 Å². The van der Waals surface area contributed by atoms with Gasteiger partial charge in [0.15, 0.2) is 0 Å². The normalized spacial score (nSPS) is 21.5. The van der Waals surface area contributed by atoms with Crippen LogP contribution in [0.5, 0.6) is 0 Å². The Morgan fingerprint density at radius 3 is 1.77 bits per heavy atom. The summed E-state index contributed by atoms with van der Waals surface area (Å²) in [6, 6.07) is 20.5. The molecule has 0 saturated heterocycles. The molecule has 0 aliphatic heterocycles. The number of aliphatic hydroxyl groups is 1. The van der Waals surface area contributed by atoms with E-state index in [0.29, 0.717) is 11.8 Å². The average molecular weight is 369 g/mol. The van der Waals surface area contributed by atoms with Crippen molar-refractivity contribution in [2.45, 2.75) is 51.0 Å². The summed E-state index contributed by atoms with van der Waals surface area (Å²) in [7, 11) is -2.94. The van der Waals surface area contributed by atoms with Crippen LogP contribution in [0.25, 0.3) is 0 Å². The van der Waals surface area contributed by atoms with Crippen LogP contribution in [0.15, 0.2) is 60.7 Å². The van der Waals surface area contributed by atoms with Crippen LogP contribution in [-0.4, -0.2) is 24.8 Å². The quantitative estimate of drug-likeness (QED) is 0.763. The van der Waals surface area contributed by atoms with Crippen LogP contribution in [0.2, 0.25) is 5.04 Å². The minimum Gasteiger partial charge on any atom is -0.424 e. The minimum atomic E-state index is -2.94. The van der Waals surface area contributed by atoms with Gasteiger partial charge >= 0.3 is 0 Å². The molecule has 140 valence electrons. The molecule has 0 unspecified atom stereocenters. The van der Waals surface area contributed by atoms with Crippen molar-refractivity contribution in [1.82, 2.24) is 0 Å². The Labute approximate surface area is 159 Å². The van der Waals surface area contributed by atoms with Gasteiger partial charge in [-0.25, -0.2) is 0 Å². The molecule has 0 bridgehead atoms. The SMILES string of the molecule is CC(C)(C[C@@H]1CCCC[C@H]1CO)[Si](O)(c1ccccc1)c1ccccc1. The van der Waals surface area contributed by atoms with E-state index in [1.54, 1.807) is 0 Å². The van der Waals surface area contributed by atoms with Crippen LogP contribution < -0.4 is 10.4 Å². The van der Waals surface area contributed by atoms with Crippen molar-refractivity contribution < 1.29 is 9.90 Å². The summed E-state index contributed by atoms with van der Waals surface area (Å²) in [6.07, 6.45) is 5.72. The van der Waals surface area contributed by atoms with Crippen molar-refractivity contribution in [3.8, 4) is 0 Å². The van der Waals surface area contributed by atoms with Gasteiger partial charge in [-0.05, 0) is 40.1 Å². The van der Waals surface area contributed by atoms with E-state index in [4.69, 9.17) is 0 Å². The maximum atomic E-state index is 12.2. The lowest BCUT2D eigenvalue weighted by molar-refractivity contribution is 0.120. The minimum absolute atomic E-state index is 0.217. The predicted molar refractivity (Wildman–Crippen MR) is 111 cm³/mol. The lowest BCUT2D eigenvalue weighted by atomic mass is 9.75. The Kier molecular flexibility index (Phi) is 6.01. The Bertz CT molecular complexity index is 644. The highest BCUT2D eigenvalue weighted by Gasteiger charge is 2.51. The Balaban J connectivity index is 2.00. The number of hydrogen-bond donors (Lipinski definition) is 2. The van der Waals surface area contributed by atoms with Crippen molar-refractivity contribution >= 4 is 18.7 Å². The average Bonchev–Trinajstić information content (AvgIpc) is 2.68. The first kappa shape index (κ1) is 19.3. The van der Waals surface area contributed by atoms with Gasteiger partial charge in [0, 0.05) is 6.61 Å². The van der Waals surface area contributed by atoms with Gasteiger partial charge in [-0.3, -0.25) is 0 Å². The summed E-state index contributed by atoms with van der Waals surface area (Å²) >= 11 is 0. The van der Waals surface area contributed by atoms with E-state index in [1.807, 2.05) is 36.4 Å². The second kappa shape index (κ2) is 8.08. The van der Waals surface area contributed by atoms with Gasteiger partial charge in [-0.2, -0.15) is 0 Å². The molecule has 2 atom stereocenters. The highest BCUT2D eigenvalue weighted by molar-refractivity contribution is 6.98. The second-order valence-electron chi connectivity index (χ2n) is 8.52. The zero-order valence-electron chi connectivity index (χ0n) is 16.1. The van der Waals surface area contributed by atoms with E-state index in [9.17, 15) is 9.90 Å². The van der Waals surface area contributed by atoms with E-state index in [0.717, 1.165) is 23.2 Å². The highest BCUT2D eigenvalue weighted by atomic mass is 28.4. The molecule has 2 aromatic rings. The fourth-order valence-corrected chi connectivity index (χ4v) is 8.71. The number of rotatable bonds is 6. The van der Waals surface area contributed by atoms with Gasteiger partial charge in [0.1, 0.15) is 0 Å². The maximum Gasteiger partial charge on any atom is 0.258 e. The monoisotopic (exact) mass is 368 g/mol. The first-order valence-corrected chi connectivity index (χ1v) is 11.9. The van der Waals surface area contributed by atoms with Crippen LogP contribution in [-0.2, 0) is 0 Å². The molecule has 26 heavy (non-hydrogen) atoms. The molecule has 3 heteroatoms. The lowest BCUT2D eigenvalue weighted by Crippen LogP contribution is -2.65. The Hall–Kier alpha value is -1.42.